The van der Waals surface area contributed by atoms with Crippen molar-refractivity contribution in [2.75, 3.05) is 13.2 Å². The van der Waals surface area contributed by atoms with E-state index in [2.05, 4.69) is 18.7 Å². The van der Waals surface area contributed by atoms with E-state index in [9.17, 15) is 4.79 Å². The molecule has 1 heterocycles. The van der Waals surface area contributed by atoms with E-state index in [-0.39, 0.29) is 0 Å². The van der Waals surface area contributed by atoms with Gasteiger partial charge in [-0.05, 0) is 25.2 Å². The third-order valence-corrected chi connectivity index (χ3v) is 5.31. The Labute approximate surface area is 96.1 Å². The Kier molecular flexibility index (Phi) is 4.09. The molecular weight excluding hydrogens is 208 g/mol. The summed E-state index contributed by atoms with van der Waals surface area (Å²) in [6.45, 7) is 4.11. The van der Waals surface area contributed by atoms with E-state index in [1.165, 1.54) is 12.8 Å². The maximum absolute atomic E-state index is 11.4. The molecule has 0 N–H and O–H groups in total. The predicted octanol–water partition coefficient (Wildman–Crippen LogP) is 2.66. The van der Waals surface area contributed by atoms with Crippen LogP contribution < -0.4 is 0 Å². The van der Waals surface area contributed by atoms with Gasteiger partial charge in [-0.3, -0.25) is 4.79 Å². The van der Waals surface area contributed by atoms with Crippen molar-refractivity contribution in [1.29, 1.82) is 0 Å². The molecule has 0 spiro atoms. The van der Waals surface area contributed by atoms with Crippen LogP contribution >= 0.6 is 11.8 Å². The fraction of sp³-hybridized carbons (Fsp3) is 0.917. The zero-order valence-electron chi connectivity index (χ0n) is 9.41. The fourth-order valence-electron chi connectivity index (χ4n) is 2.34. The fourth-order valence-corrected chi connectivity index (χ4v) is 3.99. The van der Waals surface area contributed by atoms with Gasteiger partial charge in [0.05, 0.1) is 0 Å². The van der Waals surface area contributed by atoms with E-state index in [1.54, 1.807) is 0 Å². The lowest BCUT2D eigenvalue weighted by Crippen LogP contribution is -2.29. The zero-order chi connectivity index (χ0) is 10.7. The zero-order valence-corrected chi connectivity index (χ0v) is 10.2. The van der Waals surface area contributed by atoms with Gasteiger partial charge in [-0.15, -0.1) is 0 Å². The molecule has 1 saturated carbocycles. The number of Topliss-reactive ketones (excluding diaryl/α,β-unsaturated/α-hetero) is 1. The van der Waals surface area contributed by atoms with Gasteiger partial charge in [-0.1, -0.05) is 6.92 Å². The Morgan fingerprint density at radius 2 is 2.00 bits per heavy atom. The molecule has 3 heteroatoms. The smallest absolute Gasteiger partial charge is 0.134 e. The molecule has 1 aliphatic heterocycles. The second-order valence-corrected chi connectivity index (χ2v) is 6.29. The summed E-state index contributed by atoms with van der Waals surface area (Å²) < 4.78 is 5.36. The minimum absolute atomic E-state index is 0.470. The number of ketones is 1. The average Bonchev–Trinajstić information content (AvgIpc) is 2.25. The van der Waals surface area contributed by atoms with Crippen molar-refractivity contribution in [2.24, 2.45) is 5.92 Å². The highest BCUT2D eigenvalue weighted by Crippen LogP contribution is 2.36. The number of hydrogen-bond acceptors (Lipinski definition) is 3. The predicted molar refractivity (Wildman–Crippen MR) is 63.2 cm³/mol. The van der Waals surface area contributed by atoms with Gasteiger partial charge in [0.2, 0.25) is 0 Å². The van der Waals surface area contributed by atoms with Crippen LogP contribution in [0.5, 0.6) is 0 Å². The summed E-state index contributed by atoms with van der Waals surface area (Å²) in [5.41, 5.74) is 0. The van der Waals surface area contributed by atoms with Gasteiger partial charge in [0, 0.05) is 36.6 Å². The van der Waals surface area contributed by atoms with Crippen LogP contribution in [0.1, 0.15) is 39.0 Å². The molecule has 15 heavy (non-hydrogen) atoms. The molecule has 1 aliphatic carbocycles. The molecule has 0 aromatic heterocycles. The minimum Gasteiger partial charge on any atom is -0.381 e. The Balaban J connectivity index is 1.83. The number of hydrogen-bond donors (Lipinski definition) is 0. The maximum Gasteiger partial charge on any atom is 0.134 e. The normalized spacial score (nSPS) is 34.3. The van der Waals surface area contributed by atoms with Crippen molar-refractivity contribution in [3.8, 4) is 0 Å². The quantitative estimate of drug-likeness (QED) is 0.727. The van der Waals surface area contributed by atoms with Gasteiger partial charge in [0.25, 0.3) is 0 Å². The van der Waals surface area contributed by atoms with Crippen molar-refractivity contribution in [3.63, 3.8) is 0 Å². The SMILES string of the molecule is CC1CCC(=O)CC1SC1CCOCC1. The Morgan fingerprint density at radius 1 is 1.27 bits per heavy atom. The van der Waals surface area contributed by atoms with Crippen molar-refractivity contribution in [1.82, 2.24) is 0 Å². The lowest BCUT2D eigenvalue weighted by atomic mass is 9.89. The summed E-state index contributed by atoms with van der Waals surface area (Å²) in [5, 5.41) is 1.31. The maximum atomic E-state index is 11.4. The van der Waals surface area contributed by atoms with Gasteiger partial charge in [-0.25, -0.2) is 0 Å². The molecule has 0 aromatic carbocycles. The van der Waals surface area contributed by atoms with Crippen LogP contribution in [0.15, 0.2) is 0 Å². The van der Waals surface area contributed by atoms with Crippen LogP contribution in [-0.4, -0.2) is 29.5 Å². The second kappa shape index (κ2) is 5.35. The first-order valence-corrected chi connectivity index (χ1v) is 6.95. The lowest BCUT2D eigenvalue weighted by molar-refractivity contribution is -0.120. The molecular formula is C12H20O2S. The number of rotatable bonds is 2. The molecule has 2 rings (SSSR count). The largest absolute Gasteiger partial charge is 0.381 e. The number of ether oxygens (including phenoxy) is 1. The summed E-state index contributed by atoms with van der Waals surface area (Å²) in [7, 11) is 0. The molecule has 1 saturated heterocycles. The second-order valence-electron chi connectivity index (χ2n) is 4.75. The van der Waals surface area contributed by atoms with Crippen LogP contribution in [-0.2, 0) is 9.53 Å². The molecule has 0 amide bonds. The highest BCUT2D eigenvalue weighted by Gasteiger charge is 2.29. The third kappa shape index (κ3) is 3.22. The molecule has 86 valence electrons. The molecule has 0 bridgehead atoms. The van der Waals surface area contributed by atoms with Crippen LogP contribution in [0.25, 0.3) is 0 Å². The first kappa shape index (κ1) is 11.5. The van der Waals surface area contributed by atoms with E-state index in [4.69, 9.17) is 4.74 Å². The van der Waals surface area contributed by atoms with Crippen LogP contribution in [0, 0.1) is 5.92 Å². The summed E-state index contributed by atoms with van der Waals surface area (Å²) in [6.07, 6.45) is 5.05. The topological polar surface area (TPSA) is 26.3 Å². The van der Waals surface area contributed by atoms with E-state index in [0.29, 0.717) is 11.0 Å². The van der Waals surface area contributed by atoms with Gasteiger partial charge >= 0.3 is 0 Å². The third-order valence-electron chi connectivity index (χ3n) is 3.48. The number of thioether (sulfide) groups is 1. The van der Waals surface area contributed by atoms with Crippen LogP contribution in [0.2, 0.25) is 0 Å². The standard InChI is InChI=1S/C12H20O2S/c1-9-2-3-10(13)8-12(9)15-11-4-6-14-7-5-11/h9,11-12H,2-8H2,1H3. The van der Waals surface area contributed by atoms with Gasteiger partial charge < -0.3 is 4.74 Å². The summed E-state index contributed by atoms with van der Waals surface area (Å²) >= 11 is 2.05. The summed E-state index contributed by atoms with van der Waals surface area (Å²) in [5.74, 6) is 1.19. The van der Waals surface area contributed by atoms with E-state index >= 15 is 0 Å². The molecule has 2 aliphatic rings. The summed E-state index contributed by atoms with van der Waals surface area (Å²) in [6, 6.07) is 0. The van der Waals surface area contributed by atoms with Crippen LogP contribution in [0.4, 0.5) is 0 Å². The first-order valence-electron chi connectivity index (χ1n) is 6.00. The van der Waals surface area contributed by atoms with E-state index in [1.807, 2.05) is 0 Å². The van der Waals surface area contributed by atoms with Gasteiger partial charge in [0.1, 0.15) is 5.78 Å². The molecule has 0 radical (unpaired) electrons. The highest BCUT2D eigenvalue weighted by molar-refractivity contribution is 8.00. The van der Waals surface area contributed by atoms with Crippen molar-refractivity contribution < 1.29 is 9.53 Å². The van der Waals surface area contributed by atoms with E-state index in [0.717, 1.165) is 43.6 Å². The molecule has 2 fully saturated rings. The van der Waals surface area contributed by atoms with Crippen LogP contribution in [0.3, 0.4) is 0 Å². The Hall–Kier alpha value is -0.0200. The van der Waals surface area contributed by atoms with E-state index < -0.39 is 0 Å². The molecule has 2 atom stereocenters. The highest BCUT2D eigenvalue weighted by atomic mass is 32.2. The number of carbonyl (C=O) groups excluding carboxylic acids is 1. The van der Waals surface area contributed by atoms with Crippen molar-refractivity contribution in [2.45, 2.75) is 49.5 Å². The number of carbonyl (C=O) groups is 1. The molecule has 2 nitrogen and oxygen atoms in total. The molecule has 0 aromatic rings. The van der Waals surface area contributed by atoms with Gasteiger partial charge in [0.15, 0.2) is 0 Å². The van der Waals surface area contributed by atoms with Gasteiger partial charge in [-0.2, -0.15) is 11.8 Å². The Bertz CT molecular complexity index is 224. The first-order chi connectivity index (χ1) is 7.25. The lowest BCUT2D eigenvalue weighted by Gasteiger charge is -2.32. The minimum atomic E-state index is 0.470. The van der Waals surface area contributed by atoms with Crippen molar-refractivity contribution in [3.05, 3.63) is 0 Å². The monoisotopic (exact) mass is 228 g/mol. The average molecular weight is 228 g/mol. The summed E-state index contributed by atoms with van der Waals surface area (Å²) in [4.78, 5) is 11.4. The van der Waals surface area contributed by atoms with Crippen molar-refractivity contribution >= 4 is 17.5 Å². The Morgan fingerprint density at radius 3 is 2.73 bits per heavy atom. The molecule has 2 unspecified atom stereocenters.